The minimum Gasteiger partial charge on any atom is -0.384 e. The summed E-state index contributed by atoms with van der Waals surface area (Å²) in [6, 6.07) is 2.05. The van der Waals surface area contributed by atoms with Crippen molar-refractivity contribution in [2.24, 2.45) is 0 Å². The molecule has 106 valence electrons. The van der Waals surface area contributed by atoms with Crippen LogP contribution in [0.25, 0.3) is 0 Å². The maximum atomic E-state index is 13.4. The average molecular weight is 308 g/mol. The van der Waals surface area contributed by atoms with Crippen LogP contribution in [-0.4, -0.2) is 29.1 Å². The highest BCUT2D eigenvalue weighted by Crippen LogP contribution is 2.30. The average Bonchev–Trinajstić information content (AvgIpc) is 2.35. The summed E-state index contributed by atoms with van der Waals surface area (Å²) in [7, 11) is 1.54. The molecule has 6 heteroatoms. The van der Waals surface area contributed by atoms with Crippen LogP contribution in [0.3, 0.4) is 0 Å². The van der Waals surface area contributed by atoms with E-state index in [4.69, 9.17) is 23.2 Å². The topological polar surface area (TPSA) is 40.5 Å². The smallest absolute Gasteiger partial charge is 0.251 e. The van der Waals surface area contributed by atoms with E-state index in [1.807, 2.05) is 0 Å². The molecule has 1 rings (SSSR count). The van der Waals surface area contributed by atoms with Gasteiger partial charge in [-0.15, -0.1) is 11.6 Å². The van der Waals surface area contributed by atoms with Crippen LogP contribution in [-0.2, 0) is 10.7 Å². The lowest BCUT2D eigenvalue weighted by Crippen LogP contribution is -2.36. The van der Waals surface area contributed by atoms with Crippen molar-refractivity contribution in [3.05, 3.63) is 34.1 Å². The van der Waals surface area contributed by atoms with Crippen LogP contribution in [0.15, 0.2) is 12.1 Å². The second-order valence-electron chi connectivity index (χ2n) is 4.39. The summed E-state index contributed by atoms with van der Waals surface area (Å²) in [5, 5.41) is 9.54. The minimum atomic E-state index is -1.11. The van der Waals surface area contributed by atoms with Crippen LogP contribution in [0.4, 0.5) is 4.39 Å². The molecule has 1 amide bonds. The number of amides is 1. The summed E-state index contributed by atoms with van der Waals surface area (Å²) >= 11 is 11.8. The first-order chi connectivity index (χ1) is 8.79. The molecule has 0 spiro atoms. The molecule has 0 radical (unpaired) electrons. The summed E-state index contributed by atoms with van der Waals surface area (Å²) in [6.45, 7) is 3.11. The molecular weight excluding hydrogens is 292 g/mol. The van der Waals surface area contributed by atoms with Gasteiger partial charge < -0.3 is 10.0 Å². The van der Waals surface area contributed by atoms with E-state index in [-0.39, 0.29) is 10.9 Å². The van der Waals surface area contributed by atoms with Gasteiger partial charge in [0, 0.05) is 18.0 Å². The molecule has 2 atom stereocenters. The molecule has 3 nitrogen and oxygen atoms in total. The van der Waals surface area contributed by atoms with Gasteiger partial charge in [0.15, 0.2) is 0 Å². The van der Waals surface area contributed by atoms with Crippen molar-refractivity contribution in [1.82, 2.24) is 4.90 Å². The molecule has 2 unspecified atom stereocenters. The summed E-state index contributed by atoms with van der Waals surface area (Å²) in [5.41, 5.74) is 1.12. The lowest BCUT2D eigenvalue weighted by Gasteiger charge is -2.28. The van der Waals surface area contributed by atoms with Crippen LogP contribution in [0.2, 0.25) is 5.02 Å². The Labute approximate surface area is 121 Å². The standard InChI is InChI=1S/C13H16Cl2FNO2/c1-7(17(3)13(19)8(2)18)10-4-9(16)5-12(15)11(10)6-14/h4-5,7-8,18H,6H2,1-3H3. The third kappa shape index (κ3) is 3.59. The van der Waals surface area contributed by atoms with E-state index in [1.165, 1.54) is 31.0 Å². The molecule has 1 aromatic rings. The van der Waals surface area contributed by atoms with E-state index < -0.39 is 23.9 Å². The fourth-order valence-electron chi connectivity index (χ4n) is 1.83. The van der Waals surface area contributed by atoms with Gasteiger partial charge in [-0.25, -0.2) is 4.39 Å². The predicted octanol–water partition coefficient (Wildman–Crippen LogP) is 3.12. The van der Waals surface area contributed by atoms with Gasteiger partial charge in [-0.3, -0.25) is 4.79 Å². The normalized spacial score (nSPS) is 14.1. The van der Waals surface area contributed by atoms with Crippen molar-refractivity contribution in [3.8, 4) is 0 Å². The Bertz CT molecular complexity index is 480. The number of aliphatic hydroxyl groups is 1. The number of halogens is 3. The number of aliphatic hydroxyl groups excluding tert-OH is 1. The van der Waals surface area contributed by atoms with Gasteiger partial charge in [0.25, 0.3) is 5.91 Å². The lowest BCUT2D eigenvalue weighted by atomic mass is 10.0. The first-order valence-electron chi connectivity index (χ1n) is 5.78. The van der Waals surface area contributed by atoms with Crippen molar-refractivity contribution in [2.45, 2.75) is 31.9 Å². The molecule has 0 aliphatic carbocycles. The SMILES string of the molecule is CC(O)C(=O)N(C)C(C)c1cc(F)cc(Cl)c1CCl. The zero-order valence-corrected chi connectivity index (χ0v) is 12.5. The highest BCUT2D eigenvalue weighted by atomic mass is 35.5. The number of likely N-dealkylation sites (N-methyl/N-ethyl adjacent to an activating group) is 1. The largest absolute Gasteiger partial charge is 0.384 e. The molecule has 0 saturated carbocycles. The molecule has 19 heavy (non-hydrogen) atoms. The zero-order chi connectivity index (χ0) is 14.7. The Morgan fingerprint density at radius 2 is 2.05 bits per heavy atom. The van der Waals surface area contributed by atoms with Crippen LogP contribution in [0, 0.1) is 5.82 Å². The Morgan fingerprint density at radius 3 is 2.53 bits per heavy atom. The van der Waals surface area contributed by atoms with Gasteiger partial charge in [-0.2, -0.15) is 0 Å². The number of carbonyl (C=O) groups is 1. The maximum absolute atomic E-state index is 13.4. The number of hydrogen-bond donors (Lipinski definition) is 1. The molecular formula is C13H16Cl2FNO2. The molecule has 1 N–H and O–H groups in total. The van der Waals surface area contributed by atoms with E-state index in [0.717, 1.165) is 0 Å². The monoisotopic (exact) mass is 307 g/mol. The molecule has 0 aromatic heterocycles. The van der Waals surface area contributed by atoms with Gasteiger partial charge in [0.2, 0.25) is 0 Å². The van der Waals surface area contributed by atoms with Crippen LogP contribution >= 0.6 is 23.2 Å². The van der Waals surface area contributed by atoms with E-state index >= 15 is 0 Å². The van der Waals surface area contributed by atoms with Crippen molar-refractivity contribution < 1.29 is 14.3 Å². The molecule has 0 fully saturated rings. The van der Waals surface area contributed by atoms with E-state index in [0.29, 0.717) is 11.1 Å². The molecule has 0 aliphatic heterocycles. The van der Waals surface area contributed by atoms with Crippen LogP contribution < -0.4 is 0 Å². The molecule has 0 saturated heterocycles. The predicted molar refractivity (Wildman–Crippen MR) is 73.8 cm³/mol. The molecule has 1 aromatic carbocycles. The second-order valence-corrected chi connectivity index (χ2v) is 5.06. The Balaban J connectivity index is 3.18. The van der Waals surface area contributed by atoms with Crippen molar-refractivity contribution in [2.75, 3.05) is 7.05 Å². The van der Waals surface area contributed by atoms with E-state index in [1.54, 1.807) is 6.92 Å². The number of alkyl halides is 1. The molecule has 0 heterocycles. The Morgan fingerprint density at radius 1 is 1.47 bits per heavy atom. The van der Waals surface area contributed by atoms with Crippen molar-refractivity contribution in [3.63, 3.8) is 0 Å². The highest BCUT2D eigenvalue weighted by Gasteiger charge is 2.24. The summed E-state index contributed by atoms with van der Waals surface area (Å²) < 4.78 is 13.4. The molecule has 0 aliphatic rings. The maximum Gasteiger partial charge on any atom is 0.251 e. The zero-order valence-electron chi connectivity index (χ0n) is 11.0. The van der Waals surface area contributed by atoms with Gasteiger partial charge in [0.1, 0.15) is 11.9 Å². The summed E-state index contributed by atoms with van der Waals surface area (Å²) in [5.74, 6) is -0.817. The van der Waals surface area contributed by atoms with Crippen LogP contribution in [0.1, 0.15) is 31.0 Å². The van der Waals surface area contributed by atoms with Gasteiger partial charge in [0.05, 0.1) is 6.04 Å². The second kappa shape index (κ2) is 6.55. The van der Waals surface area contributed by atoms with Gasteiger partial charge >= 0.3 is 0 Å². The number of hydrogen-bond acceptors (Lipinski definition) is 2. The minimum absolute atomic E-state index is 0.121. The lowest BCUT2D eigenvalue weighted by molar-refractivity contribution is -0.139. The fourth-order valence-corrected chi connectivity index (χ4v) is 2.48. The Kier molecular flexibility index (Phi) is 5.59. The molecule has 0 bridgehead atoms. The first kappa shape index (κ1) is 16.2. The number of nitrogens with zero attached hydrogens (tertiary/aromatic N) is 1. The third-order valence-corrected chi connectivity index (χ3v) is 3.67. The quantitative estimate of drug-likeness (QED) is 0.868. The Hall–Kier alpha value is -0.840. The highest BCUT2D eigenvalue weighted by molar-refractivity contribution is 6.32. The number of carbonyl (C=O) groups excluding carboxylic acids is 1. The van der Waals surface area contributed by atoms with Crippen LogP contribution in [0.5, 0.6) is 0 Å². The summed E-state index contributed by atoms with van der Waals surface area (Å²) in [6.07, 6.45) is -1.11. The van der Waals surface area contributed by atoms with Crippen molar-refractivity contribution in [1.29, 1.82) is 0 Å². The third-order valence-electron chi connectivity index (χ3n) is 3.06. The summed E-state index contributed by atoms with van der Waals surface area (Å²) in [4.78, 5) is 13.1. The number of benzene rings is 1. The number of rotatable bonds is 4. The van der Waals surface area contributed by atoms with Crippen molar-refractivity contribution >= 4 is 29.1 Å². The van der Waals surface area contributed by atoms with E-state index in [9.17, 15) is 14.3 Å². The first-order valence-corrected chi connectivity index (χ1v) is 6.69. The van der Waals surface area contributed by atoms with E-state index in [2.05, 4.69) is 0 Å². The van der Waals surface area contributed by atoms with Gasteiger partial charge in [-0.1, -0.05) is 11.6 Å². The van der Waals surface area contributed by atoms with Gasteiger partial charge in [-0.05, 0) is 37.1 Å². The fraction of sp³-hybridized carbons (Fsp3) is 0.462.